The van der Waals surface area contributed by atoms with Crippen molar-refractivity contribution in [3.63, 3.8) is 0 Å². The molecule has 1 aromatic heterocycles. The molecule has 0 radical (unpaired) electrons. The Morgan fingerprint density at radius 1 is 1.00 bits per heavy atom. The SMILES string of the molecule is CCc1ccc(Cc2cccc3cc(Cl)oc23)cc1. The predicted octanol–water partition coefficient (Wildman–Crippen LogP) is 5.24. The maximum Gasteiger partial charge on any atom is 0.194 e. The van der Waals surface area contributed by atoms with Gasteiger partial charge in [0.05, 0.1) is 0 Å². The number of para-hydroxylation sites is 1. The summed E-state index contributed by atoms with van der Waals surface area (Å²) in [5, 5.41) is 1.51. The zero-order valence-electron chi connectivity index (χ0n) is 10.8. The number of fused-ring (bicyclic) bond motifs is 1. The molecule has 1 nitrogen and oxygen atoms in total. The van der Waals surface area contributed by atoms with Gasteiger partial charge >= 0.3 is 0 Å². The molecule has 0 amide bonds. The van der Waals surface area contributed by atoms with Gasteiger partial charge in [-0.3, -0.25) is 0 Å². The lowest BCUT2D eigenvalue weighted by Crippen LogP contribution is -1.89. The van der Waals surface area contributed by atoms with Crippen LogP contribution >= 0.6 is 11.6 Å². The fraction of sp³-hybridized carbons (Fsp3) is 0.176. The molecule has 0 aliphatic heterocycles. The van der Waals surface area contributed by atoms with Crippen molar-refractivity contribution in [2.75, 3.05) is 0 Å². The smallest absolute Gasteiger partial charge is 0.194 e. The zero-order chi connectivity index (χ0) is 13.2. The van der Waals surface area contributed by atoms with Crippen molar-refractivity contribution in [1.82, 2.24) is 0 Å². The van der Waals surface area contributed by atoms with Crippen molar-refractivity contribution in [3.05, 3.63) is 70.4 Å². The lowest BCUT2D eigenvalue weighted by molar-refractivity contribution is 0.614. The third kappa shape index (κ3) is 2.52. The Kier molecular flexibility index (Phi) is 3.31. The van der Waals surface area contributed by atoms with Crippen LogP contribution in [0.15, 0.2) is 52.9 Å². The third-order valence-corrected chi connectivity index (χ3v) is 3.61. The molecule has 0 unspecified atom stereocenters. The van der Waals surface area contributed by atoms with Crippen LogP contribution in [0, 0.1) is 0 Å². The van der Waals surface area contributed by atoms with Crippen LogP contribution in [-0.4, -0.2) is 0 Å². The molecule has 0 fully saturated rings. The Labute approximate surface area is 117 Å². The summed E-state index contributed by atoms with van der Waals surface area (Å²) in [6.45, 7) is 2.17. The van der Waals surface area contributed by atoms with Gasteiger partial charge in [-0.05, 0) is 34.7 Å². The number of benzene rings is 2. The molecule has 96 valence electrons. The highest BCUT2D eigenvalue weighted by atomic mass is 35.5. The number of hydrogen-bond acceptors (Lipinski definition) is 1. The molecule has 19 heavy (non-hydrogen) atoms. The second-order valence-corrected chi connectivity index (χ2v) is 5.11. The fourth-order valence-corrected chi connectivity index (χ4v) is 2.54. The molecule has 0 spiro atoms. The normalized spacial score (nSPS) is 11.1. The van der Waals surface area contributed by atoms with Gasteiger partial charge in [0.1, 0.15) is 5.58 Å². The van der Waals surface area contributed by atoms with Crippen LogP contribution in [0.1, 0.15) is 23.6 Å². The van der Waals surface area contributed by atoms with E-state index in [1.54, 1.807) is 0 Å². The molecule has 2 aromatic carbocycles. The van der Waals surface area contributed by atoms with E-state index < -0.39 is 0 Å². The molecular weight excluding hydrogens is 256 g/mol. The summed E-state index contributed by atoms with van der Waals surface area (Å²) >= 11 is 5.93. The first-order chi connectivity index (χ1) is 9.26. The Balaban J connectivity index is 1.95. The van der Waals surface area contributed by atoms with Crippen molar-refractivity contribution in [2.24, 2.45) is 0 Å². The second kappa shape index (κ2) is 5.10. The van der Waals surface area contributed by atoms with E-state index >= 15 is 0 Å². The minimum absolute atomic E-state index is 0.448. The van der Waals surface area contributed by atoms with E-state index in [0.29, 0.717) is 5.22 Å². The quantitative estimate of drug-likeness (QED) is 0.634. The summed E-state index contributed by atoms with van der Waals surface area (Å²) in [5.74, 6) is 0. The fourth-order valence-electron chi connectivity index (χ4n) is 2.34. The molecule has 0 saturated carbocycles. The summed E-state index contributed by atoms with van der Waals surface area (Å²) in [5.41, 5.74) is 4.72. The molecule has 2 heteroatoms. The van der Waals surface area contributed by atoms with Gasteiger partial charge in [-0.25, -0.2) is 0 Å². The van der Waals surface area contributed by atoms with Crippen LogP contribution in [-0.2, 0) is 12.8 Å². The van der Waals surface area contributed by atoms with E-state index in [4.69, 9.17) is 16.0 Å². The minimum Gasteiger partial charge on any atom is -0.444 e. The Hall–Kier alpha value is -1.73. The second-order valence-electron chi connectivity index (χ2n) is 4.73. The largest absolute Gasteiger partial charge is 0.444 e. The monoisotopic (exact) mass is 270 g/mol. The first-order valence-electron chi connectivity index (χ1n) is 6.51. The van der Waals surface area contributed by atoms with Crippen molar-refractivity contribution in [1.29, 1.82) is 0 Å². The van der Waals surface area contributed by atoms with Gasteiger partial charge in [0.15, 0.2) is 5.22 Å². The van der Waals surface area contributed by atoms with Gasteiger partial charge in [0, 0.05) is 17.9 Å². The zero-order valence-corrected chi connectivity index (χ0v) is 11.6. The third-order valence-electron chi connectivity index (χ3n) is 3.42. The molecule has 3 aromatic rings. The first-order valence-corrected chi connectivity index (χ1v) is 6.89. The number of aryl methyl sites for hydroxylation is 1. The van der Waals surface area contributed by atoms with E-state index in [1.165, 1.54) is 16.7 Å². The average molecular weight is 271 g/mol. The Morgan fingerprint density at radius 3 is 2.47 bits per heavy atom. The van der Waals surface area contributed by atoms with Gasteiger partial charge in [-0.1, -0.05) is 49.4 Å². The number of hydrogen-bond donors (Lipinski definition) is 0. The molecule has 1 heterocycles. The molecule has 0 aliphatic rings. The van der Waals surface area contributed by atoms with Crippen LogP contribution in [0.5, 0.6) is 0 Å². The number of halogens is 1. The molecule has 0 bridgehead atoms. The van der Waals surface area contributed by atoms with Gasteiger partial charge in [-0.2, -0.15) is 0 Å². The van der Waals surface area contributed by atoms with Crippen LogP contribution in [0.4, 0.5) is 0 Å². The highest BCUT2D eigenvalue weighted by Crippen LogP contribution is 2.27. The maximum atomic E-state index is 5.93. The van der Waals surface area contributed by atoms with Gasteiger partial charge < -0.3 is 4.42 Å². The Morgan fingerprint density at radius 2 is 1.74 bits per heavy atom. The van der Waals surface area contributed by atoms with Gasteiger partial charge in [0.25, 0.3) is 0 Å². The van der Waals surface area contributed by atoms with Crippen LogP contribution in [0.25, 0.3) is 11.0 Å². The van der Waals surface area contributed by atoms with E-state index in [2.05, 4.69) is 37.3 Å². The van der Waals surface area contributed by atoms with Crippen molar-refractivity contribution in [3.8, 4) is 0 Å². The van der Waals surface area contributed by atoms with Crippen molar-refractivity contribution >= 4 is 22.6 Å². The molecular formula is C17H15ClO. The summed E-state index contributed by atoms with van der Waals surface area (Å²) < 4.78 is 5.58. The van der Waals surface area contributed by atoms with E-state index in [0.717, 1.165) is 23.8 Å². The summed E-state index contributed by atoms with van der Waals surface area (Å²) in [7, 11) is 0. The maximum absolute atomic E-state index is 5.93. The summed E-state index contributed by atoms with van der Waals surface area (Å²) in [4.78, 5) is 0. The molecule has 0 aliphatic carbocycles. The lowest BCUT2D eigenvalue weighted by Gasteiger charge is -2.04. The first kappa shape index (κ1) is 12.3. The van der Waals surface area contributed by atoms with Crippen molar-refractivity contribution in [2.45, 2.75) is 19.8 Å². The summed E-state index contributed by atoms with van der Waals surface area (Å²) in [6.07, 6.45) is 1.94. The van der Waals surface area contributed by atoms with E-state index in [-0.39, 0.29) is 0 Å². The topological polar surface area (TPSA) is 13.1 Å². The highest BCUT2D eigenvalue weighted by molar-refractivity contribution is 6.29. The average Bonchev–Trinajstić information content (AvgIpc) is 2.81. The summed E-state index contributed by atoms with van der Waals surface area (Å²) in [6, 6.07) is 16.8. The van der Waals surface area contributed by atoms with E-state index in [9.17, 15) is 0 Å². The van der Waals surface area contributed by atoms with Crippen LogP contribution < -0.4 is 0 Å². The van der Waals surface area contributed by atoms with Crippen molar-refractivity contribution < 1.29 is 4.42 Å². The Bertz CT molecular complexity index is 695. The molecule has 0 saturated heterocycles. The van der Waals surface area contributed by atoms with Crippen LogP contribution in [0.3, 0.4) is 0 Å². The molecule has 3 rings (SSSR count). The molecule has 0 atom stereocenters. The predicted molar refractivity (Wildman–Crippen MR) is 79.9 cm³/mol. The number of furan rings is 1. The molecule has 0 N–H and O–H groups in total. The standard InChI is InChI=1S/C17H15ClO/c1-2-12-6-8-13(9-7-12)10-14-4-3-5-15-11-16(18)19-17(14)15/h3-9,11H,2,10H2,1H3. The number of rotatable bonds is 3. The van der Waals surface area contributed by atoms with Gasteiger partial charge in [-0.15, -0.1) is 0 Å². The van der Waals surface area contributed by atoms with Crippen LogP contribution in [0.2, 0.25) is 5.22 Å². The highest BCUT2D eigenvalue weighted by Gasteiger charge is 2.07. The lowest BCUT2D eigenvalue weighted by atomic mass is 10.0. The van der Waals surface area contributed by atoms with E-state index in [1.807, 2.05) is 18.2 Å². The van der Waals surface area contributed by atoms with Gasteiger partial charge in [0.2, 0.25) is 0 Å². The minimum atomic E-state index is 0.448.